The highest BCUT2D eigenvalue weighted by Gasteiger charge is 2.01. The Balaban J connectivity index is 2.97. The zero-order valence-corrected chi connectivity index (χ0v) is 7.43. The van der Waals surface area contributed by atoms with Crippen LogP contribution in [-0.2, 0) is 13.5 Å². The highest BCUT2D eigenvalue weighted by atomic mass is 79.9. The summed E-state index contributed by atoms with van der Waals surface area (Å²) in [6.45, 7) is 3.66. The van der Waals surface area contributed by atoms with Crippen LogP contribution in [0.3, 0.4) is 0 Å². The second kappa shape index (κ2) is 3.01. The molecule has 0 unspecified atom stereocenters. The van der Waals surface area contributed by atoms with E-state index >= 15 is 0 Å². The molecule has 0 aliphatic heterocycles. The number of aryl methyl sites for hydroxylation is 1. The van der Waals surface area contributed by atoms with Gasteiger partial charge in [0.2, 0.25) is 0 Å². The van der Waals surface area contributed by atoms with E-state index in [1.807, 2.05) is 17.8 Å². The molecule has 0 fully saturated rings. The Hall–Kier alpha value is -0.570. The third-order valence-electron chi connectivity index (χ3n) is 1.35. The van der Waals surface area contributed by atoms with E-state index in [4.69, 9.17) is 0 Å². The van der Waals surface area contributed by atoms with Crippen molar-refractivity contribution in [1.29, 1.82) is 0 Å². The summed E-state index contributed by atoms with van der Waals surface area (Å²) < 4.78 is 2.89. The van der Waals surface area contributed by atoms with Crippen LogP contribution in [0.15, 0.2) is 23.3 Å². The highest BCUT2D eigenvalue weighted by Crippen LogP contribution is 2.15. The largest absolute Gasteiger partial charge is 0.271 e. The number of nitrogens with zero attached hydrogens (tertiary/aromatic N) is 2. The molecule has 1 heterocycles. The average molecular weight is 201 g/mol. The van der Waals surface area contributed by atoms with E-state index < -0.39 is 0 Å². The highest BCUT2D eigenvalue weighted by molar-refractivity contribution is 9.10. The third kappa shape index (κ3) is 1.29. The van der Waals surface area contributed by atoms with Gasteiger partial charge < -0.3 is 0 Å². The molecule has 54 valence electrons. The van der Waals surface area contributed by atoms with Crippen LogP contribution in [0.2, 0.25) is 0 Å². The van der Waals surface area contributed by atoms with Crippen LogP contribution in [-0.4, -0.2) is 9.78 Å². The first-order valence-corrected chi connectivity index (χ1v) is 3.82. The van der Waals surface area contributed by atoms with Gasteiger partial charge in [-0.2, -0.15) is 5.10 Å². The fourth-order valence-electron chi connectivity index (χ4n) is 0.802. The minimum Gasteiger partial charge on any atom is -0.271 e. The Bertz CT molecular complexity index is 220. The first-order valence-electron chi connectivity index (χ1n) is 3.03. The summed E-state index contributed by atoms with van der Waals surface area (Å²) in [5.74, 6) is 0. The van der Waals surface area contributed by atoms with E-state index in [0.29, 0.717) is 0 Å². The number of aromatic nitrogens is 2. The van der Waals surface area contributed by atoms with Gasteiger partial charge in [-0.1, -0.05) is 6.08 Å². The SMILES string of the molecule is C=CCc1c(Br)cnn1C. The molecule has 0 N–H and O–H groups in total. The van der Waals surface area contributed by atoms with Crippen molar-refractivity contribution in [3.63, 3.8) is 0 Å². The average Bonchev–Trinajstić information content (AvgIpc) is 2.20. The molecule has 3 heteroatoms. The Kier molecular flexibility index (Phi) is 2.27. The van der Waals surface area contributed by atoms with Gasteiger partial charge in [-0.05, 0) is 15.9 Å². The molecule has 0 aromatic carbocycles. The van der Waals surface area contributed by atoms with Crippen LogP contribution in [0, 0.1) is 0 Å². The van der Waals surface area contributed by atoms with Gasteiger partial charge in [0.15, 0.2) is 0 Å². The summed E-state index contributed by atoms with van der Waals surface area (Å²) in [5, 5.41) is 4.06. The van der Waals surface area contributed by atoms with Crippen molar-refractivity contribution in [1.82, 2.24) is 9.78 Å². The molecule has 0 spiro atoms. The van der Waals surface area contributed by atoms with Crippen molar-refractivity contribution < 1.29 is 0 Å². The standard InChI is InChI=1S/C7H9BrN2/c1-3-4-7-6(8)5-9-10(7)2/h3,5H,1,4H2,2H3. The third-order valence-corrected chi connectivity index (χ3v) is 2.01. The van der Waals surface area contributed by atoms with Crippen LogP contribution in [0.1, 0.15) is 5.69 Å². The van der Waals surface area contributed by atoms with Gasteiger partial charge in [0.1, 0.15) is 0 Å². The minimum atomic E-state index is 0.858. The molecule has 0 saturated heterocycles. The zero-order chi connectivity index (χ0) is 7.56. The van der Waals surface area contributed by atoms with Gasteiger partial charge >= 0.3 is 0 Å². The summed E-state index contributed by atoms with van der Waals surface area (Å²) >= 11 is 3.39. The number of rotatable bonds is 2. The van der Waals surface area contributed by atoms with E-state index in [1.165, 1.54) is 0 Å². The van der Waals surface area contributed by atoms with Gasteiger partial charge in [-0.3, -0.25) is 4.68 Å². The Morgan fingerprint density at radius 3 is 3.00 bits per heavy atom. The smallest absolute Gasteiger partial charge is 0.0635 e. The molecule has 10 heavy (non-hydrogen) atoms. The second-order valence-corrected chi connectivity index (χ2v) is 2.91. The van der Waals surface area contributed by atoms with Crippen LogP contribution < -0.4 is 0 Å². The first kappa shape index (κ1) is 7.54. The normalized spacial score (nSPS) is 9.80. The lowest BCUT2D eigenvalue weighted by Crippen LogP contribution is -1.96. The fourth-order valence-corrected chi connectivity index (χ4v) is 1.31. The van der Waals surface area contributed by atoms with Crippen molar-refractivity contribution >= 4 is 15.9 Å². The van der Waals surface area contributed by atoms with Gasteiger partial charge in [-0.25, -0.2) is 0 Å². The van der Waals surface area contributed by atoms with Crippen LogP contribution in [0.4, 0.5) is 0 Å². The van der Waals surface area contributed by atoms with Crippen LogP contribution in [0.5, 0.6) is 0 Å². The molecule has 0 aliphatic carbocycles. The predicted molar refractivity (Wildman–Crippen MR) is 44.8 cm³/mol. The lowest BCUT2D eigenvalue weighted by atomic mass is 10.3. The van der Waals surface area contributed by atoms with E-state index in [2.05, 4.69) is 27.6 Å². The maximum Gasteiger partial charge on any atom is 0.0635 e. The zero-order valence-electron chi connectivity index (χ0n) is 5.84. The summed E-state index contributed by atoms with van der Waals surface area (Å²) in [6.07, 6.45) is 4.51. The van der Waals surface area contributed by atoms with Crippen molar-refractivity contribution in [2.75, 3.05) is 0 Å². The summed E-state index contributed by atoms with van der Waals surface area (Å²) in [5.41, 5.74) is 1.16. The topological polar surface area (TPSA) is 17.8 Å². The number of halogens is 1. The summed E-state index contributed by atoms with van der Waals surface area (Å²) in [7, 11) is 1.92. The van der Waals surface area contributed by atoms with E-state index in [1.54, 1.807) is 6.20 Å². The molecular weight excluding hydrogens is 192 g/mol. The lowest BCUT2D eigenvalue weighted by molar-refractivity contribution is 0.727. The van der Waals surface area contributed by atoms with E-state index in [9.17, 15) is 0 Å². The van der Waals surface area contributed by atoms with Crippen LogP contribution >= 0.6 is 15.9 Å². The number of hydrogen-bond acceptors (Lipinski definition) is 1. The summed E-state index contributed by atoms with van der Waals surface area (Å²) in [6, 6.07) is 0. The molecule has 0 bridgehead atoms. The maximum absolute atomic E-state index is 4.06. The van der Waals surface area contributed by atoms with Gasteiger partial charge in [0.05, 0.1) is 16.4 Å². The van der Waals surface area contributed by atoms with Crippen LogP contribution in [0.25, 0.3) is 0 Å². The molecule has 1 rings (SSSR count). The Morgan fingerprint density at radius 1 is 1.90 bits per heavy atom. The molecule has 0 radical (unpaired) electrons. The predicted octanol–water partition coefficient (Wildman–Crippen LogP) is 1.91. The number of hydrogen-bond donors (Lipinski definition) is 0. The minimum absolute atomic E-state index is 0.858. The molecular formula is C7H9BrN2. The quantitative estimate of drug-likeness (QED) is 0.668. The van der Waals surface area contributed by atoms with Crippen molar-refractivity contribution in [3.8, 4) is 0 Å². The van der Waals surface area contributed by atoms with Crippen molar-refractivity contribution in [3.05, 3.63) is 29.0 Å². The van der Waals surface area contributed by atoms with Gasteiger partial charge in [-0.15, -0.1) is 6.58 Å². The molecule has 2 nitrogen and oxygen atoms in total. The molecule has 0 saturated carbocycles. The fraction of sp³-hybridized carbons (Fsp3) is 0.286. The van der Waals surface area contributed by atoms with Gasteiger partial charge in [0.25, 0.3) is 0 Å². The maximum atomic E-state index is 4.06. The van der Waals surface area contributed by atoms with Crippen molar-refractivity contribution in [2.45, 2.75) is 6.42 Å². The first-order chi connectivity index (χ1) is 4.75. The molecule has 1 aromatic rings. The molecule has 0 amide bonds. The van der Waals surface area contributed by atoms with E-state index in [-0.39, 0.29) is 0 Å². The van der Waals surface area contributed by atoms with E-state index in [0.717, 1.165) is 16.6 Å². The molecule has 0 aliphatic rings. The second-order valence-electron chi connectivity index (χ2n) is 2.06. The molecule has 1 aromatic heterocycles. The Morgan fingerprint density at radius 2 is 2.60 bits per heavy atom. The lowest BCUT2D eigenvalue weighted by Gasteiger charge is -1.96. The van der Waals surface area contributed by atoms with Crippen molar-refractivity contribution in [2.24, 2.45) is 7.05 Å². The van der Waals surface area contributed by atoms with Gasteiger partial charge in [0, 0.05) is 13.5 Å². The Labute approximate surface area is 68.7 Å². The monoisotopic (exact) mass is 200 g/mol. The summed E-state index contributed by atoms with van der Waals surface area (Å²) in [4.78, 5) is 0. The number of allylic oxidation sites excluding steroid dienone is 1. The molecule has 0 atom stereocenters.